The summed E-state index contributed by atoms with van der Waals surface area (Å²) < 4.78 is 29.8. The number of alkyl halides is 2. The summed E-state index contributed by atoms with van der Waals surface area (Å²) in [4.78, 5) is 34.9. The number of hydrogen-bond donors (Lipinski definition) is 4. The van der Waals surface area contributed by atoms with E-state index >= 15 is 4.39 Å². The average molecular weight is 555 g/mol. The average Bonchev–Trinajstić information content (AvgIpc) is 3.33. The van der Waals surface area contributed by atoms with Gasteiger partial charge in [-0.2, -0.15) is 0 Å². The Kier molecular flexibility index (Phi) is 8.80. The Morgan fingerprint density at radius 3 is 2.49 bits per heavy atom. The van der Waals surface area contributed by atoms with E-state index in [9.17, 15) is 14.0 Å². The van der Waals surface area contributed by atoms with Crippen molar-refractivity contribution in [3.05, 3.63) is 0 Å². The first-order valence-corrected chi connectivity index (χ1v) is 15.0. The molecule has 0 saturated carbocycles. The summed E-state index contributed by atoms with van der Waals surface area (Å²) in [6.07, 6.45) is 1.94. The molecule has 0 aromatic rings. The first kappa shape index (κ1) is 29.1. The van der Waals surface area contributed by atoms with Crippen molar-refractivity contribution in [3.8, 4) is 0 Å². The minimum Gasteiger partial charge on any atom is -0.350 e. The minimum atomic E-state index is -1.16. The molecule has 222 valence electrons. The monoisotopic (exact) mass is 554 g/mol. The van der Waals surface area contributed by atoms with Gasteiger partial charge in [0.15, 0.2) is 0 Å². The molecule has 12 heteroatoms. The number of nitrogens with zero attached hydrogens (tertiary/aromatic N) is 4. The fraction of sp³-hybridized carbons (Fsp3) is 0.926. The van der Waals surface area contributed by atoms with Gasteiger partial charge >= 0.3 is 0 Å². The Hall–Kier alpha value is -1.44. The molecule has 39 heavy (non-hydrogen) atoms. The van der Waals surface area contributed by atoms with Crippen LogP contribution in [0.15, 0.2) is 0 Å². The van der Waals surface area contributed by atoms with E-state index in [1.165, 1.54) is 0 Å². The molecule has 0 aliphatic carbocycles. The van der Waals surface area contributed by atoms with Crippen LogP contribution in [-0.2, 0) is 9.59 Å². The van der Waals surface area contributed by atoms with E-state index in [0.717, 1.165) is 38.6 Å². The second-order valence-electron chi connectivity index (χ2n) is 12.5. The van der Waals surface area contributed by atoms with Crippen LogP contribution in [0.3, 0.4) is 0 Å². The molecule has 0 aromatic heterocycles. The number of rotatable bonds is 7. The maximum Gasteiger partial charge on any atom is 0.240 e. The third-order valence-corrected chi connectivity index (χ3v) is 10.4. The standard InChI is InChI=1S/C27H48F2N8O2/c1-3-27-7-6-17(28)16-37(27)21(13-27)22(24(30)31)25(38)33-19-15-32-14-18(29)23(19)35-9-11-36(12-10-35)26(39)20-5-4-8-34(20)2/h17-24,32H,3-16,30-31H2,1-2H3,(H,33,38)/t17?,18?,19?,20-,21?,22?,23?,27?/m1/s1. The van der Waals surface area contributed by atoms with Gasteiger partial charge in [0.05, 0.1) is 30.2 Å². The summed E-state index contributed by atoms with van der Waals surface area (Å²) >= 11 is 0. The second kappa shape index (κ2) is 11.8. The Balaban J connectivity index is 1.23. The number of hydrogen-bond acceptors (Lipinski definition) is 8. The number of fused-ring (bicyclic) bond motifs is 1. The lowest BCUT2D eigenvalue weighted by atomic mass is 9.66. The van der Waals surface area contributed by atoms with Gasteiger partial charge in [-0.25, -0.2) is 8.78 Å². The number of carbonyl (C=O) groups excluding carboxylic acids is 2. The summed E-state index contributed by atoms with van der Waals surface area (Å²) in [6.45, 7) is 6.24. The number of amides is 2. The maximum absolute atomic E-state index is 15.4. The summed E-state index contributed by atoms with van der Waals surface area (Å²) in [5.41, 5.74) is 12.2. The molecule has 0 radical (unpaired) electrons. The molecular weight excluding hydrogens is 506 g/mol. The van der Waals surface area contributed by atoms with E-state index < -0.39 is 36.5 Å². The molecule has 0 aromatic carbocycles. The van der Waals surface area contributed by atoms with Crippen LogP contribution in [-0.4, -0.2) is 139 Å². The highest BCUT2D eigenvalue weighted by molar-refractivity contribution is 5.82. The molecule has 10 nitrogen and oxygen atoms in total. The molecule has 5 rings (SSSR count). The number of piperidine rings is 2. The predicted octanol–water partition coefficient (Wildman–Crippen LogP) is -0.766. The van der Waals surface area contributed by atoms with Crippen molar-refractivity contribution in [1.82, 2.24) is 30.2 Å². The molecule has 5 fully saturated rings. The molecule has 0 spiro atoms. The second-order valence-corrected chi connectivity index (χ2v) is 12.5. The van der Waals surface area contributed by atoms with Crippen LogP contribution < -0.4 is 22.1 Å². The zero-order valence-electron chi connectivity index (χ0n) is 23.5. The predicted molar refractivity (Wildman–Crippen MR) is 145 cm³/mol. The van der Waals surface area contributed by atoms with Crippen LogP contribution in [0, 0.1) is 5.92 Å². The number of nitrogens with two attached hydrogens (primary N) is 2. The number of piperazine rings is 1. The molecule has 5 aliphatic heterocycles. The summed E-state index contributed by atoms with van der Waals surface area (Å²) in [6, 6.07) is -1.24. The minimum absolute atomic E-state index is 0.0562. The van der Waals surface area contributed by atoms with Gasteiger partial charge in [-0.3, -0.25) is 24.3 Å². The highest BCUT2D eigenvalue weighted by Crippen LogP contribution is 2.49. The molecule has 0 bridgehead atoms. The molecule has 6 N–H and O–H groups in total. The van der Waals surface area contributed by atoms with E-state index in [1.807, 2.05) is 11.9 Å². The lowest BCUT2D eigenvalue weighted by molar-refractivity contribution is -0.158. The van der Waals surface area contributed by atoms with Crippen molar-refractivity contribution in [2.75, 3.05) is 59.4 Å². The van der Waals surface area contributed by atoms with Crippen LogP contribution in [0.1, 0.15) is 45.4 Å². The summed E-state index contributed by atoms with van der Waals surface area (Å²) in [5, 5.41) is 6.21. The van der Waals surface area contributed by atoms with E-state index in [1.54, 1.807) is 0 Å². The molecule has 5 saturated heterocycles. The van der Waals surface area contributed by atoms with Crippen LogP contribution in [0.2, 0.25) is 0 Å². The fourth-order valence-corrected chi connectivity index (χ4v) is 8.05. The Morgan fingerprint density at radius 1 is 1.10 bits per heavy atom. The molecule has 8 atom stereocenters. The summed E-state index contributed by atoms with van der Waals surface area (Å²) in [5.74, 6) is -0.823. The van der Waals surface area contributed by atoms with Gasteiger partial charge in [-0.15, -0.1) is 0 Å². The van der Waals surface area contributed by atoms with Crippen molar-refractivity contribution in [2.24, 2.45) is 17.4 Å². The van der Waals surface area contributed by atoms with E-state index in [2.05, 4.69) is 32.3 Å². The SMILES string of the molecule is CCC12CCC(F)CN1C(C(C(=O)NC1CNCC(F)C1N1CCN(C(=O)[C@H]3CCCN3C)CC1)C(N)N)C2. The maximum atomic E-state index is 15.4. The van der Waals surface area contributed by atoms with Crippen LogP contribution in [0.25, 0.3) is 0 Å². The van der Waals surface area contributed by atoms with Gasteiger partial charge in [0, 0.05) is 57.4 Å². The van der Waals surface area contributed by atoms with Gasteiger partial charge in [0.25, 0.3) is 0 Å². The number of likely N-dealkylation sites (N-methyl/N-ethyl adjacent to an activating group) is 1. The summed E-state index contributed by atoms with van der Waals surface area (Å²) in [7, 11) is 2.00. The third kappa shape index (κ3) is 5.57. The zero-order valence-corrected chi connectivity index (χ0v) is 23.5. The smallest absolute Gasteiger partial charge is 0.240 e. The van der Waals surface area contributed by atoms with E-state index in [0.29, 0.717) is 45.7 Å². The van der Waals surface area contributed by atoms with Gasteiger partial charge in [-0.1, -0.05) is 6.92 Å². The van der Waals surface area contributed by atoms with E-state index in [4.69, 9.17) is 11.5 Å². The quantitative estimate of drug-likeness (QED) is 0.303. The van der Waals surface area contributed by atoms with Crippen LogP contribution >= 0.6 is 0 Å². The van der Waals surface area contributed by atoms with Crippen molar-refractivity contribution in [1.29, 1.82) is 0 Å². The zero-order chi connectivity index (χ0) is 27.9. The highest BCUT2D eigenvalue weighted by atomic mass is 19.1. The lowest BCUT2D eigenvalue weighted by Gasteiger charge is -2.63. The van der Waals surface area contributed by atoms with Gasteiger partial charge in [0.1, 0.15) is 12.3 Å². The Morgan fingerprint density at radius 2 is 1.85 bits per heavy atom. The first-order chi connectivity index (χ1) is 18.6. The normalized spacial score (nSPS) is 39.3. The fourth-order valence-electron chi connectivity index (χ4n) is 8.05. The molecule has 2 amide bonds. The molecule has 5 heterocycles. The number of likely N-dealkylation sites (tertiary alicyclic amines) is 1. The first-order valence-electron chi connectivity index (χ1n) is 15.0. The van der Waals surface area contributed by atoms with Gasteiger partial charge in [-0.05, 0) is 52.1 Å². The van der Waals surface area contributed by atoms with Crippen molar-refractivity contribution < 1.29 is 18.4 Å². The number of nitrogens with one attached hydrogen (secondary N) is 2. The number of carbonyl (C=O) groups is 2. The van der Waals surface area contributed by atoms with Crippen molar-refractivity contribution >= 4 is 11.8 Å². The van der Waals surface area contributed by atoms with Gasteiger partial charge in [0.2, 0.25) is 11.8 Å². The lowest BCUT2D eigenvalue weighted by Crippen LogP contribution is -2.75. The largest absolute Gasteiger partial charge is 0.350 e. The van der Waals surface area contributed by atoms with E-state index in [-0.39, 0.29) is 36.0 Å². The highest BCUT2D eigenvalue weighted by Gasteiger charge is 2.57. The van der Waals surface area contributed by atoms with Gasteiger partial charge < -0.3 is 27.0 Å². The third-order valence-electron chi connectivity index (χ3n) is 10.4. The molecule has 7 unspecified atom stereocenters. The van der Waals surface area contributed by atoms with Crippen LogP contribution in [0.5, 0.6) is 0 Å². The van der Waals surface area contributed by atoms with Crippen LogP contribution in [0.4, 0.5) is 8.78 Å². The number of halogens is 2. The molecule has 5 aliphatic rings. The van der Waals surface area contributed by atoms with Crippen molar-refractivity contribution in [2.45, 2.75) is 93.7 Å². The van der Waals surface area contributed by atoms with Crippen molar-refractivity contribution in [3.63, 3.8) is 0 Å². The Labute approximate surface area is 231 Å². The Bertz CT molecular complexity index is 890. The topological polar surface area (TPSA) is 123 Å². The molecular formula is C27H48F2N8O2.